The molecule has 0 unspecified atom stereocenters. The van der Waals surface area contributed by atoms with Crippen LogP contribution in [0, 0.1) is 0 Å². The van der Waals surface area contributed by atoms with Gasteiger partial charge in [-0.05, 0) is 35.4 Å². The predicted octanol–water partition coefficient (Wildman–Crippen LogP) is 4.09. The number of fused-ring (bicyclic) bond motifs is 1. The summed E-state index contributed by atoms with van der Waals surface area (Å²) in [6.07, 6.45) is 6.22. The SMILES string of the molecule is CC(=O)c1cnccc1NC(=O)/C=C/c1cccc2ccccc12. The number of nitrogens with one attached hydrogen (secondary N) is 1. The molecule has 4 nitrogen and oxygen atoms in total. The number of hydrogen-bond acceptors (Lipinski definition) is 3. The Hall–Kier alpha value is -3.27. The minimum absolute atomic E-state index is 0.142. The molecule has 1 N–H and O–H groups in total. The van der Waals surface area contributed by atoms with Gasteiger partial charge in [0, 0.05) is 18.5 Å². The molecule has 0 aliphatic heterocycles. The highest BCUT2D eigenvalue weighted by Crippen LogP contribution is 2.20. The smallest absolute Gasteiger partial charge is 0.248 e. The third-order valence-electron chi connectivity index (χ3n) is 3.70. The third-order valence-corrected chi connectivity index (χ3v) is 3.70. The average molecular weight is 316 g/mol. The molecular formula is C20H16N2O2. The molecule has 0 aliphatic rings. The van der Waals surface area contributed by atoms with E-state index < -0.39 is 0 Å². The van der Waals surface area contributed by atoms with Crippen LogP contribution in [0.2, 0.25) is 0 Å². The molecule has 3 aromatic rings. The van der Waals surface area contributed by atoms with Crippen molar-refractivity contribution in [2.75, 3.05) is 5.32 Å². The molecule has 2 aromatic carbocycles. The van der Waals surface area contributed by atoms with Gasteiger partial charge < -0.3 is 5.32 Å². The Kier molecular flexibility index (Phi) is 4.47. The minimum Gasteiger partial charge on any atom is -0.322 e. The summed E-state index contributed by atoms with van der Waals surface area (Å²) in [6.45, 7) is 1.44. The molecule has 24 heavy (non-hydrogen) atoms. The Bertz CT molecular complexity index is 940. The third kappa shape index (κ3) is 3.38. The van der Waals surface area contributed by atoms with Crippen LogP contribution in [-0.4, -0.2) is 16.7 Å². The zero-order chi connectivity index (χ0) is 16.9. The number of hydrogen-bond donors (Lipinski definition) is 1. The maximum atomic E-state index is 12.2. The highest BCUT2D eigenvalue weighted by atomic mass is 16.1. The van der Waals surface area contributed by atoms with Crippen molar-refractivity contribution in [2.45, 2.75) is 6.92 Å². The van der Waals surface area contributed by atoms with Gasteiger partial charge in [0.2, 0.25) is 5.91 Å². The van der Waals surface area contributed by atoms with Gasteiger partial charge in [0.25, 0.3) is 0 Å². The monoisotopic (exact) mass is 316 g/mol. The quantitative estimate of drug-likeness (QED) is 0.582. The predicted molar refractivity (Wildman–Crippen MR) is 95.9 cm³/mol. The summed E-state index contributed by atoms with van der Waals surface area (Å²) in [5.74, 6) is -0.437. The van der Waals surface area contributed by atoms with Crippen LogP contribution in [-0.2, 0) is 4.79 Å². The number of pyridine rings is 1. The fourth-order valence-electron chi connectivity index (χ4n) is 2.52. The van der Waals surface area contributed by atoms with Crippen molar-refractivity contribution in [2.24, 2.45) is 0 Å². The summed E-state index contributed by atoms with van der Waals surface area (Å²) in [7, 11) is 0. The summed E-state index contributed by atoms with van der Waals surface area (Å²) in [4.78, 5) is 27.6. The van der Waals surface area contributed by atoms with E-state index in [1.165, 1.54) is 25.4 Å². The number of nitrogens with zero attached hydrogens (tertiary/aromatic N) is 1. The zero-order valence-electron chi connectivity index (χ0n) is 13.2. The lowest BCUT2D eigenvalue weighted by molar-refractivity contribution is -0.111. The molecule has 1 amide bonds. The van der Waals surface area contributed by atoms with Crippen molar-refractivity contribution in [3.8, 4) is 0 Å². The number of aromatic nitrogens is 1. The van der Waals surface area contributed by atoms with E-state index >= 15 is 0 Å². The van der Waals surface area contributed by atoms with E-state index in [9.17, 15) is 9.59 Å². The van der Waals surface area contributed by atoms with Gasteiger partial charge in [-0.1, -0.05) is 42.5 Å². The molecule has 3 rings (SSSR count). The van der Waals surface area contributed by atoms with Crippen molar-refractivity contribution in [3.05, 3.63) is 78.1 Å². The molecule has 0 aliphatic carbocycles. The molecular weight excluding hydrogens is 300 g/mol. The van der Waals surface area contributed by atoms with Crippen molar-refractivity contribution in [1.29, 1.82) is 0 Å². The van der Waals surface area contributed by atoms with Crippen LogP contribution in [0.5, 0.6) is 0 Å². The maximum Gasteiger partial charge on any atom is 0.248 e. The van der Waals surface area contributed by atoms with Crippen molar-refractivity contribution >= 4 is 34.2 Å². The molecule has 0 bridgehead atoms. The summed E-state index contributed by atoms with van der Waals surface area (Å²) in [5, 5.41) is 4.92. The first-order valence-corrected chi connectivity index (χ1v) is 7.57. The normalized spacial score (nSPS) is 10.9. The fraction of sp³-hybridized carbons (Fsp3) is 0.0500. The van der Waals surface area contributed by atoms with E-state index in [0.717, 1.165) is 16.3 Å². The molecule has 0 atom stereocenters. The Labute approximate surface area is 139 Å². The molecule has 0 radical (unpaired) electrons. The minimum atomic E-state index is -0.295. The van der Waals surface area contributed by atoms with Gasteiger partial charge in [0.15, 0.2) is 5.78 Å². The van der Waals surface area contributed by atoms with Crippen LogP contribution in [0.3, 0.4) is 0 Å². The molecule has 1 heterocycles. The highest BCUT2D eigenvalue weighted by Gasteiger charge is 2.08. The van der Waals surface area contributed by atoms with Gasteiger partial charge in [-0.15, -0.1) is 0 Å². The van der Waals surface area contributed by atoms with Crippen LogP contribution in [0.25, 0.3) is 16.8 Å². The van der Waals surface area contributed by atoms with Gasteiger partial charge in [-0.2, -0.15) is 0 Å². The first-order valence-electron chi connectivity index (χ1n) is 7.57. The van der Waals surface area contributed by atoms with Gasteiger partial charge >= 0.3 is 0 Å². The highest BCUT2D eigenvalue weighted by molar-refractivity contribution is 6.08. The van der Waals surface area contributed by atoms with Gasteiger partial charge in [-0.25, -0.2) is 0 Å². The largest absolute Gasteiger partial charge is 0.322 e. The summed E-state index contributed by atoms with van der Waals surface area (Å²) < 4.78 is 0. The van der Waals surface area contributed by atoms with Crippen molar-refractivity contribution < 1.29 is 9.59 Å². The first kappa shape index (κ1) is 15.6. The first-order chi connectivity index (χ1) is 11.6. The molecule has 0 saturated heterocycles. The second-order valence-corrected chi connectivity index (χ2v) is 5.37. The van der Waals surface area contributed by atoms with Crippen LogP contribution >= 0.6 is 0 Å². The van der Waals surface area contributed by atoms with Crippen molar-refractivity contribution in [1.82, 2.24) is 4.98 Å². The zero-order valence-corrected chi connectivity index (χ0v) is 13.2. The lowest BCUT2D eigenvalue weighted by atomic mass is 10.0. The number of rotatable bonds is 4. The Morgan fingerprint density at radius 3 is 2.67 bits per heavy atom. The van der Waals surface area contributed by atoms with E-state index in [1.54, 1.807) is 12.1 Å². The maximum absolute atomic E-state index is 12.2. The number of benzene rings is 2. The van der Waals surface area contributed by atoms with Gasteiger partial charge in [-0.3, -0.25) is 14.6 Å². The number of Topliss-reactive ketones (excluding diaryl/α,β-unsaturated/α-hetero) is 1. The standard InChI is InChI=1S/C20H16N2O2/c1-14(23)18-13-21-12-11-19(18)22-20(24)10-9-16-7-4-6-15-5-2-3-8-17(15)16/h2-13H,1H3,(H,21,22,24)/b10-9+. The second-order valence-electron chi connectivity index (χ2n) is 5.37. The van der Waals surface area contributed by atoms with Crippen molar-refractivity contribution in [3.63, 3.8) is 0 Å². The lowest BCUT2D eigenvalue weighted by Gasteiger charge is -2.06. The van der Waals surface area contributed by atoms with E-state index in [4.69, 9.17) is 0 Å². The number of anilines is 1. The second kappa shape index (κ2) is 6.87. The van der Waals surface area contributed by atoms with E-state index in [-0.39, 0.29) is 11.7 Å². The molecule has 0 saturated carbocycles. The summed E-state index contributed by atoms with van der Waals surface area (Å²) >= 11 is 0. The van der Waals surface area contributed by atoms with Crippen LogP contribution < -0.4 is 5.32 Å². The molecule has 1 aromatic heterocycles. The van der Waals surface area contributed by atoms with Crippen LogP contribution in [0.4, 0.5) is 5.69 Å². The molecule has 0 fully saturated rings. The number of amides is 1. The Morgan fingerprint density at radius 1 is 1.04 bits per heavy atom. The fourth-order valence-corrected chi connectivity index (χ4v) is 2.52. The van der Waals surface area contributed by atoms with Crippen LogP contribution in [0.1, 0.15) is 22.8 Å². The van der Waals surface area contributed by atoms with Gasteiger partial charge in [0.05, 0.1) is 11.3 Å². The van der Waals surface area contributed by atoms with Crippen LogP contribution in [0.15, 0.2) is 67.0 Å². The Balaban J connectivity index is 1.82. The average Bonchev–Trinajstić information content (AvgIpc) is 2.60. The summed E-state index contributed by atoms with van der Waals surface area (Å²) in [5.41, 5.74) is 1.82. The lowest BCUT2D eigenvalue weighted by Crippen LogP contribution is -2.11. The number of ketones is 1. The molecule has 0 spiro atoms. The topological polar surface area (TPSA) is 59.1 Å². The molecule has 118 valence electrons. The van der Waals surface area contributed by atoms with Gasteiger partial charge in [0.1, 0.15) is 0 Å². The summed E-state index contributed by atoms with van der Waals surface area (Å²) in [6, 6.07) is 15.6. The van der Waals surface area contributed by atoms with E-state index in [1.807, 2.05) is 42.5 Å². The Morgan fingerprint density at radius 2 is 1.83 bits per heavy atom. The number of carbonyl (C=O) groups excluding carboxylic acids is 2. The molecule has 4 heteroatoms. The van der Waals surface area contributed by atoms with E-state index in [0.29, 0.717) is 11.3 Å². The van der Waals surface area contributed by atoms with E-state index in [2.05, 4.69) is 10.3 Å². The number of carbonyl (C=O) groups is 2.